The zero-order valence-corrected chi connectivity index (χ0v) is 46.6. The minimum Gasteiger partial charge on any atom is -0.480 e. The summed E-state index contributed by atoms with van der Waals surface area (Å²) in [5, 5.41) is 44.6. The molecule has 4 spiro atoms. The van der Waals surface area contributed by atoms with Gasteiger partial charge < -0.3 is 58.3 Å². The molecule has 2 heterocycles. The Morgan fingerprint density at radius 3 is 1.36 bits per heavy atom. The van der Waals surface area contributed by atoms with E-state index in [0.29, 0.717) is 48.5 Å². The number of carbonyl (C=O) groups is 6. The van der Waals surface area contributed by atoms with E-state index in [0.717, 1.165) is 57.9 Å². The van der Waals surface area contributed by atoms with Crippen LogP contribution in [0.4, 0.5) is 0 Å². The Hall–Kier alpha value is -3.09. The first-order valence-corrected chi connectivity index (χ1v) is 27.0. The van der Waals surface area contributed by atoms with E-state index < -0.39 is 60.2 Å². The molecule has 72 heavy (non-hydrogen) atoms. The van der Waals surface area contributed by atoms with Gasteiger partial charge in [-0.15, -0.1) is 12.4 Å². The molecule has 18 heteroatoms. The van der Waals surface area contributed by atoms with Gasteiger partial charge in [-0.3, -0.25) is 28.8 Å². The van der Waals surface area contributed by atoms with E-state index >= 15 is 0 Å². The second-order valence-electron chi connectivity index (χ2n) is 26.6. The minimum absolute atomic E-state index is 0. The predicted molar refractivity (Wildman–Crippen MR) is 279 cm³/mol. The van der Waals surface area contributed by atoms with Crippen molar-refractivity contribution in [3.05, 3.63) is 0 Å². The number of hydrogen-bond acceptors (Lipinski definition) is 11. The molecule has 6 saturated carbocycles. The zero-order valence-electron chi connectivity index (χ0n) is 45.8. The van der Waals surface area contributed by atoms with Crippen LogP contribution in [0.2, 0.25) is 0 Å². The first-order chi connectivity index (χ1) is 32.9. The van der Waals surface area contributed by atoms with Crippen LogP contribution in [0.5, 0.6) is 0 Å². The number of hydrogen-bond donors (Lipinski definition) is 10. The third-order valence-electron chi connectivity index (χ3n) is 20.8. The van der Waals surface area contributed by atoms with Crippen molar-refractivity contribution in [3.8, 4) is 0 Å². The van der Waals surface area contributed by atoms with Gasteiger partial charge in [-0.05, 0) is 115 Å². The lowest BCUT2D eigenvalue weighted by atomic mass is 9.73. The van der Waals surface area contributed by atoms with Crippen LogP contribution in [0, 0.1) is 55.2 Å². The quantitative estimate of drug-likeness (QED) is 0.105. The number of carbonyl (C=O) groups excluding carboxylic acids is 5. The molecule has 0 bridgehead atoms. The molecule has 5 amide bonds. The number of aliphatic hydroxyl groups is 2. The van der Waals surface area contributed by atoms with Crippen molar-refractivity contribution in [1.29, 1.82) is 0 Å². The summed E-state index contributed by atoms with van der Waals surface area (Å²) in [6.45, 7) is 22.5. The van der Waals surface area contributed by atoms with Crippen LogP contribution in [-0.2, 0) is 28.8 Å². The van der Waals surface area contributed by atoms with Gasteiger partial charge in [-0.2, -0.15) is 0 Å². The molecule has 6 aliphatic carbocycles. The van der Waals surface area contributed by atoms with Gasteiger partial charge in [0.2, 0.25) is 29.5 Å². The third kappa shape index (κ3) is 10.3. The zero-order chi connectivity index (χ0) is 53.1. The van der Waals surface area contributed by atoms with Crippen LogP contribution in [0.25, 0.3) is 0 Å². The number of carboxylic acid groups (broad SMARTS) is 1. The number of primary amides is 2. The summed E-state index contributed by atoms with van der Waals surface area (Å²) in [7, 11) is 3.45. The number of aliphatic carboxylic acids is 1. The second kappa shape index (κ2) is 21.5. The maximum atomic E-state index is 13.9. The van der Waals surface area contributed by atoms with Crippen LogP contribution in [-0.4, -0.2) is 131 Å². The largest absolute Gasteiger partial charge is 0.480 e. The number of rotatable bonds is 16. The van der Waals surface area contributed by atoms with E-state index in [1.54, 1.807) is 19.0 Å². The van der Waals surface area contributed by atoms with Gasteiger partial charge in [0.15, 0.2) is 12.2 Å². The summed E-state index contributed by atoms with van der Waals surface area (Å²) in [6, 6.07) is -3.05. The van der Waals surface area contributed by atoms with Crippen molar-refractivity contribution in [3.63, 3.8) is 0 Å². The second-order valence-corrected chi connectivity index (χ2v) is 26.6. The van der Waals surface area contributed by atoms with E-state index in [4.69, 9.17) is 16.6 Å². The smallest absolute Gasteiger partial charge is 0.321 e. The molecule has 12 N–H and O–H groups in total. The van der Waals surface area contributed by atoms with Crippen LogP contribution in [0.15, 0.2) is 0 Å². The summed E-state index contributed by atoms with van der Waals surface area (Å²) in [4.78, 5) is 76.2. The first-order valence-electron chi connectivity index (χ1n) is 27.0. The molecule has 0 aromatic carbocycles. The van der Waals surface area contributed by atoms with Gasteiger partial charge in [0.1, 0.15) is 12.1 Å². The minimum atomic E-state index is -1.44. The number of nitrogens with zero attached hydrogens (tertiary/aromatic N) is 1. The lowest BCUT2D eigenvalue weighted by molar-refractivity contribution is -0.143. The number of nitrogens with one attached hydrogen (secondary N) is 5. The Balaban J connectivity index is 0.000000228. The number of likely N-dealkylation sites (tertiary alicyclic amines) is 1. The van der Waals surface area contributed by atoms with E-state index in [2.05, 4.69) is 54.3 Å². The number of nitrogens with two attached hydrogens (primary N) is 2. The van der Waals surface area contributed by atoms with Crippen molar-refractivity contribution in [1.82, 2.24) is 31.5 Å². The molecule has 10 atom stereocenters. The normalized spacial score (nSPS) is 30.4. The van der Waals surface area contributed by atoms with Gasteiger partial charge >= 0.3 is 5.97 Å². The molecular formula is C54H95ClN8O9. The Morgan fingerprint density at radius 1 is 0.639 bits per heavy atom. The van der Waals surface area contributed by atoms with E-state index in [-0.39, 0.29) is 68.7 Å². The monoisotopic (exact) mass is 1030 g/mol. The number of carboxylic acids is 1. The van der Waals surface area contributed by atoms with Gasteiger partial charge in [0.25, 0.3) is 0 Å². The molecule has 17 nitrogen and oxygen atoms in total. The lowest BCUT2D eigenvalue weighted by Crippen LogP contribution is -2.58. The fourth-order valence-corrected chi connectivity index (χ4v) is 15.5. The third-order valence-corrected chi connectivity index (χ3v) is 20.8. The highest BCUT2D eigenvalue weighted by Gasteiger charge is 2.86. The lowest BCUT2D eigenvalue weighted by Gasteiger charge is -2.36. The maximum Gasteiger partial charge on any atom is 0.321 e. The van der Waals surface area contributed by atoms with Crippen molar-refractivity contribution in [2.45, 2.75) is 220 Å². The fraction of sp³-hybridized carbons (Fsp3) is 0.889. The van der Waals surface area contributed by atoms with E-state index in [1.165, 1.54) is 32.1 Å². The van der Waals surface area contributed by atoms with Crippen molar-refractivity contribution >= 4 is 47.9 Å². The summed E-state index contributed by atoms with van der Waals surface area (Å²) < 4.78 is 0. The molecule has 6 unspecified atom stereocenters. The molecule has 2 aliphatic heterocycles. The highest BCUT2D eigenvalue weighted by atomic mass is 35.5. The Kier molecular flexibility index (Phi) is 17.9. The van der Waals surface area contributed by atoms with E-state index in [9.17, 15) is 39.0 Å². The van der Waals surface area contributed by atoms with Crippen LogP contribution in [0.3, 0.4) is 0 Å². The molecule has 8 aliphatic rings. The number of likely N-dealkylation sites (N-methyl/N-ethyl adjacent to an activating group) is 2. The van der Waals surface area contributed by atoms with Gasteiger partial charge in [0.05, 0.1) is 24.2 Å². The Morgan fingerprint density at radius 2 is 1.06 bits per heavy atom. The van der Waals surface area contributed by atoms with E-state index in [1.807, 2.05) is 41.5 Å². The maximum absolute atomic E-state index is 13.9. The van der Waals surface area contributed by atoms with Gasteiger partial charge in [0, 0.05) is 18.5 Å². The van der Waals surface area contributed by atoms with Gasteiger partial charge in [-0.1, -0.05) is 121 Å². The van der Waals surface area contributed by atoms with Crippen molar-refractivity contribution < 1.29 is 44.1 Å². The molecule has 2 saturated heterocycles. The molecule has 0 aromatic rings. The van der Waals surface area contributed by atoms with Crippen LogP contribution >= 0.6 is 12.4 Å². The summed E-state index contributed by atoms with van der Waals surface area (Å²) in [5.41, 5.74) is 11.3. The molecule has 0 aromatic heterocycles. The molecule has 412 valence electrons. The topological polar surface area (TPSA) is 279 Å². The van der Waals surface area contributed by atoms with Crippen LogP contribution in [0.1, 0.15) is 172 Å². The first kappa shape index (κ1) is 59.8. The summed E-state index contributed by atoms with van der Waals surface area (Å²) in [6.07, 6.45) is 13.8. The highest BCUT2D eigenvalue weighted by molar-refractivity contribution is 5.92. The summed E-state index contributed by atoms with van der Waals surface area (Å²) >= 11 is 0. The SMILES string of the molecule is CC1(C)C2(CCC2)C12CN[C@H](C(=O)NC(CC1CCC1)C(O)C(N)=O)C2.CN[C@H](C(=O)N1CC2(C[C@H]1C(=O)NC(CC1CCC1)C(O)C(N)=O)C(C)(C)C21CCC1)C(C)(C)C.CN[C@H](C(=O)O)C(C)(C)C.Cl. The van der Waals surface area contributed by atoms with Gasteiger partial charge in [-0.25, -0.2) is 0 Å². The number of aliphatic hydroxyl groups excluding tert-OH is 2. The number of fused-ring (bicyclic) bond motifs is 2. The number of amides is 5. The summed E-state index contributed by atoms with van der Waals surface area (Å²) in [5.74, 6) is -1.97. The molecule has 0 radical (unpaired) electrons. The Bertz CT molecular complexity index is 2010. The van der Waals surface area contributed by atoms with Crippen LogP contribution < -0.4 is 38.1 Å². The van der Waals surface area contributed by atoms with Crippen molar-refractivity contribution in [2.24, 2.45) is 66.6 Å². The number of halogens is 1. The highest BCUT2D eigenvalue weighted by Crippen LogP contribution is 2.89. The average molecular weight is 1040 g/mol. The van der Waals surface area contributed by atoms with Crippen molar-refractivity contribution in [2.75, 3.05) is 27.2 Å². The fourth-order valence-electron chi connectivity index (χ4n) is 15.5. The predicted octanol–water partition coefficient (Wildman–Crippen LogP) is 4.13. The Labute approximate surface area is 436 Å². The standard InChI is InChI=1S/C27H46N4O4.C20H33N3O3.C7H15NO2.ClH/c1-24(2,3)20(29-6)23(35)31-15-27(25(4,5)26(27)11-8-12-26)14-18(31)22(34)30-17(19(32)21(28)33)13-16-9-7-10-16;1-18(2)19(7-4-8-19)20(18)10-14(22-11-20)17(26)23-13(15(24)16(21)25)9-12-5-3-6-12;1-7(2,3)5(8-4)6(9)10;/h16-20,29,32H,7-15H2,1-6H3,(H2,28,33)(H,30,34);12-15,22,24H,3-11H2,1-2H3,(H2,21,25)(H,23,26);5,8H,1-4H3,(H,9,10);1H/t17?,18-,19?,20+,27?;13?,14-,15?,20?;5-;/m001./s1. The molecular weight excluding hydrogens is 940 g/mol. The molecule has 8 rings (SSSR count). The average Bonchev–Trinajstić information content (AvgIpc) is 3.53. The molecule has 8 fully saturated rings.